The molecule has 1 heterocycles. The van der Waals surface area contributed by atoms with Crippen molar-refractivity contribution >= 4 is 17.6 Å². The van der Waals surface area contributed by atoms with Crippen LogP contribution in [0.5, 0.6) is 0 Å². The van der Waals surface area contributed by atoms with Gasteiger partial charge in [-0.15, -0.1) is 0 Å². The van der Waals surface area contributed by atoms with E-state index in [-0.39, 0.29) is 0 Å². The number of benzene rings is 1. The van der Waals surface area contributed by atoms with Gasteiger partial charge in [0.25, 0.3) is 0 Å². The van der Waals surface area contributed by atoms with E-state index < -0.39 is 0 Å². The molecule has 1 aromatic carbocycles. The highest BCUT2D eigenvalue weighted by Gasteiger charge is 2.17. The van der Waals surface area contributed by atoms with Crippen LogP contribution in [0, 0.1) is 5.92 Å². The summed E-state index contributed by atoms with van der Waals surface area (Å²) in [6.45, 7) is 4.90. The van der Waals surface area contributed by atoms with Gasteiger partial charge in [-0.2, -0.15) is 0 Å². The average Bonchev–Trinajstić information content (AvgIpc) is 2.36. The molecule has 18 heavy (non-hydrogen) atoms. The van der Waals surface area contributed by atoms with Crippen LogP contribution in [0.25, 0.3) is 0 Å². The smallest absolute Gasteiger partial charge is 0.191 e. The first-order valence-electron chi connectivity index (χ1n) is 6.44. The molecule has 0 amide bonds. The molecule has 0 spiro atoms. The average molecular weight is 266 g/mol. The van der Waals surface area contributed by atoms with E-state index in [0.29, 0.717) is 18.4 Å². The van der Waals surface area contributed by atoms with Crippen molar-refractivity contribution in [3.05, 3.63) is 34.9 Å². The molecule has 4 heteroatoms. The van der Waals surface area contributed by atoms with Gasteiger partial charge in [-0.25, -0.2) is 4.99 Å². The fourth-order valence-electron chi connectivity index (χ4n) is 2.31. The highest BCUT2D eigenvalue weighted by molar-refractivity contribution is 6.30. The van der Waals surface area contributed by atoms with Crippen molar-refractivity contribution in [1.29, 1.82) is 0 Å². The number of guanidine groups is 1. The maximum Gasteiger partial charge on any atom is 0.191 e. The van der Waals surface area contributed by atoms with Crippen LogP contribution in [0.15, 0.2) is 29.3 Å². The predicted molar refractivity (Wildman–Crippen MR) is 76.7 cm³/mol. The van der Waals surface area contributed by atoms with Gasteiger partial charge in [0, 0.05) is 18.1 Å². The first-order valence-corrected chi connectivity index (χ1v) is 6.82. The van der Waals surface area contributed by atoms with Crippen LogP contribution in [-0.2, 0) is 6.54 Å². The number of likely N-dealkylation sites (tertiary alicyclic amines) is 1. The zero-order chi connectivity index (χ0) is 13.0. The minimum absolute atomic E-state index is 0.595. The Kier molecular flexibility index (Phi) is 4.48. The molecule has 0 aliphatic carbocycles. The molecule has 0 bridgehead atoms. The molecule has 2 N–H and O–H groups in total. The van der Waals surface area contributed by atoms with Crippen molar-refractivity contribution in [1.82, 2.24) is 4.90 Å². The van der Waals surface area contributed by atoms with Crippen molar-refractivity contribution in [3.63, 3.8) is 0 Å². The van der Waals surface area contributed by atoms with E-state index >= 15 is 0 Å². The lowest BCUT2D eigenvalue weighted by atomic mass is 10.0. The number of nitrogens with zero attached hydrogens (tertiary/aromatic N) is 2. The molecule has 0 aromatic heterocycles. The molecule has 1 saturated heterocycles. The summed E-state index contributed by atoms with van der Waals surface area (Å²) in [5.74, 6) is 1.36. The third-order valence-corrected chi connectivity index (χ3v) is 3.53. The second kappa shape index (κ2) is 6.10. The summed E-state index contributed by atoms with van der Waals surface area (Å²) in [6, 6.07) is 7.75. The lowest BCUT2D eigenvalue weighted by Crippen LogP contribution is -2.43. The molecule has 1 aliphatic heterocycles. The summed E-state index contributed by atoms with van der Waals surface area (Å²) >= 11 is 5.94. The Bertz CT molecular complexity index is 431. The maximum atomic E-state index is 6.04. The van der Waals surface area contributed by atoms with Gasteiger partial charge in [0.1, 0.15) is 0 Å². The highest BCUT2D eigenvalue weighted by Crippen LogP contribution is 2.15. The van der Waals surface area contributed by atoms with Crippen LogP contribution in [0.1, 0.15) is 25.3 Å². The third kappa shape index (κ3) is 3.64. The molecule has 1 unspecified atom stereocenters. The number of aliphatic imine (C=N–C) groups is 1. The van der Waals surface area contributed by atoms with Gasteiger partial charge in [-0.05, 0) is 36.5 Å². The van der Waals surface area contributed by atoms with Gasteiger partial charge in [-0.1, -0.05) is 30.7 Å². The fourth-order valence-corrected chi connectivity index (χ4v) is 2.52. The maximum absolute atomic E-state index is 6.04. The van der Waals surface area contributed by atoms with E-state index in [0.717, 1.165) is 23.7 Å². The summed E-state index contributed by atoms with van der Waals surface area (Å²) in [4.78, 5) is 6.63. The van der Waals surface area contributed by atoms with E-state index in [1.165, 1.54) is 12.8 Å². The fraction of sp³-hybridized carbons (Fsp3) is 0.500. The minimum Gasteiger partial charge on any atom is -0.370 e. The second-order valence-electron chi connectivity index (χ2n) is 5.00. The van der Waals surface area contributed by atoms with Gasteiger partial charge in [0.15, 0.2) is 5.96 Å². The molecule has 98 valence electrons. The van der Waals surface area contributed by atoms with Gasteiger partial charge in [0.2, 0.25) is 0 Å². The van der Waals surface area contributed by atoms with Crippen LogP contribution in [0.3, 0.4) is 0 Å². The highest BCUT2D eigenvalue weighted by atomic mass is 35.5. The van der Waals surface area contributed by atoms with Crippen molar-refractivity contribution in [2.75, 3.05) is 13.1 Å². The van der Waals surface area contributed by atoms with Gasteiger partial charge in [0.05, 0.1) is 6.54 Å². The summed E-state index contributed by atoms with van der Waals surface area (Å²) in [5.41, 5.74) is 7.13. The molecule has 1 aromatic rings. The summed E-state index contributed by atoms with van der Waals surface area (Å²) < 4.78 is 0. The van der Waals surface area contributed by atoms with E-state index in [1.54, 1.807) is 0 Å². The summed E-state index contributed by atoms with van der Waals surface area (Å²) in [5, 5.41) is 0.743. The number of rotatable bonds is 2. The Morgan fingerprint density at radius 3 is 3.11 bits per heavy atom. The lowest BCUT2D eigenvalue weighted by Gasteiger charge is -2.31. The lowest BCUT2D eigenvalue weighted by molar-refractivity contribution is 0.270. The SMILES string of the molecule is CC1CCCN(C(N)=NCc2cccc(Cl)c2)C1. The summed E-state index contributed by atoms with van der Waals surface area (Å²) in [6.07, 6.45) is 2.49. The minimum atomic E-state index is 0.595. The second-order valence-corrected chi connectivity index (χ2v) is 5.43. The molecular weight excluding hydrogens is 246 g/mol. The Hall–Kier alpha value is -1.22. The first kappa shape index (κ1) is 13.2. The van der Waals surface area contributed by atoms with Gasteiger partial charge in [-0.3, -0.25) is 0 Å². The molecular formula is C14H20ClN3. The molecule has 3 nitrogen and oxygen atoms in total. The monoisotopic (exact) mass is 265 g/mol. The Morgan fingerprint density at radius 1 is 1.56 bits per heavy atom. The number of hydrogen-bond donors (Lipinski definition) is 1. The molecule has 1 aliphatic rings. The molecule has 2 rings (SSSR count). The van der Waals surface area contributed by atoms with E-state index in [4.69, 9.17) is 17.3 Å². The van der Waals surface area contributed by atoms with Crippen LogP contribution in [-0.4, -0.2) is 23.9 Å². The van der Waals surface area contributed by atoms with Crippen molar-refractivity contribution in [2.24, 2.45) is 16.6 Å². The Morgan fingerprint density at radius 2 is 2.39 bits per heavy atom. The van der Waals surface area contributed by atoms with E-state index in [2.05, 4.69) is 16.8 Å². The molecule has 1 atom stereocenters. The number of nitrogens with two attached hydrogens (primary N) is 1. The van der Waals surface area contributed by atoms with Crippen molar-refractivity contribution in [2.45, 2.75) is 26.3 Å². The van der Waals surface area contributed by atoms with Crippen LogP contribution in [0.2, 0.25) is 5.02 Å². The molecule has 0 saturated carbocycles. The zero-order valence-corrected chi connectivity index (χ0v) is 11.5. The Balaban J connectivity index is 1.96. The van der Waals surface area contributed by atoms with Gasteiger partial charge >= 0.3 is 0 Å². The largest absolute Gasteiger partial charge is 0.370 e. The predicted octanol–water partition coefficient (Wildman–Crippen LogP) is 2.89. The van der Waals surface area contributed by atoms with E-state index in [1.807, 2.05) is 24.3 Å². The third-order valence-electron chi connectivity index (χ3n) is 3.29. The van der Waals surface area contributed by atoms with Crippen LogP contribution in [0.4, 0.5) is 0 Å². The Labute approximate surface area is 114 Å². The van der Waals surface area contributed by atoms with Crippen molar-refractivity contribution in [3.8, 4) is 0 Å². The van der Waals surface area contributed by atoms with Gasteiger partial charge < -0.3 is 10.6 Å². The quantitative estimate of drug-likeness (QED) is 0.660. The van der Waals surface area contributed by atoms with E-state index in [9.17, 15) is 0 Å². The zero-order valence-electron chi connectivity index (χ0n) is 10.8. The summed E-state index contributed by atoms with van der Waals surface area (Å²) in [7, 11) is 0. The standard InChI is InChI=1S/C14H20ClN3/c1-11-4-3-7-18(10-11)14(16)17-9-12-5-2-6-13(15)8-12/h2,5-6,8,11H,3-4,7,9-10H2,1H3,(H2,16,17). The number of hydrogen-bond acceptors (Lipinski definition) is 1. The van der Waals surface area contributed by atoms with Crippen molar-refractivity contribution < 1.29 is 0 Å². The first-order chi connectivity index (χ1) is 8.65. The van der Waals surface area contributed by atoms with Crippen LogP contribution >= 0.6 is 11.6 Å². The molecule has 0 radical (unpaired) electrons. The molecule has 1 fully saturated rings. The normalized spacial score (nSPS) is 21.1. The number of halogens is 1. The van der Waals surface area contributed by atoms with Crippen LogP contribution < -0.4 is 5.73 Å². The topological polar surface area (TPSA) is 41.6 Å². The number of piperidine rings is 1.